The smallest absolute Gasteiger partial charge is 0.0372 e. The lowest BCUT2D eigenvalue weighted by molar-refractivity contribution is 1.15. The van der Waals surface area contributed by atoms with E-state index in [-0.39, 0.29) is 0 Å². The fourth-order valence-electron chi connectivity index (χ4n) is 0.256. The summed E-state index contributed by atoms with van der Waals surface area (Å²) >= 11 is 0. The van der Waals surface area contributed by atoms with Crippen molar-refractivity contribution >= 4 is 11.4 Å². The van der Waals surface area contributed by atoms with Crippen LogP contribution in [-0.2, 0) is 0 Å². The van der Waals surface area contributed by atoms with Gasteiger partial charge in [-0.2, -0.15) is 10.2 Å². The Labute approximate surface area is 56.7 Å². The van der Waals surface area contributed by atoms with Gasteiger partial charge in [0, 0.05) is 11.4 Å². The Morgan fingerprint density at radius 2 is 1.67 bits per heavy atom. The summed E-state index contributed by atoms with van der Waals surface area (Å²) in [6.07, 6.45) is 0.983. The fraction of sp³-hybridized carbons (Fsp3) is 0.714. The molecule has 0 heterocycles. The van der Waals surface area contributed by atoms with Gasteiger partial charge in [-0.1, -0.05) is 6.92 Å². The summed E-state index contributed by atoms with van der Waals surface area (Å²) < 4.78 is 0. The summed E-state index contributed by atoms with van der Waals surface area (Å²) in [4.78, 5) is 0. The van der Waals surface area contributed by atoms with Crippen molar-refractivity contribution in [1.82, 2.24) is 0 Å². The SMILES string of the molecule is CC/C(C)=N/N=C(C)C. The molecule has 0 aliphatic carbocycles. The van der Waals surface area contributed by atoms with E-state index >= 15 is 0 Å². The molecule has 2 heteroatoms. The van der Waals surface area contributed by atoms with E-state index in [1.54, 1.807) is 0 Å². The van der Waals surface area contributed by atoms with Gasteiger partial charge >= 0.3 is 0 Å². The average molecular weight is 126 g/mol. The highest BCUT2D eigenvalue weighted by atomic mass is 15.2. The molecule has 0 amide bonds. The normalized spacial score (nSPS) is 11.3. The predicted molar refractivity (Wildman–Crippen MR) is 42.2 cm³/mol. The van der Waals surface area contributed by atoms with Crippen LogP contribution in [0.15, 0.2) is 10.2 Å². The second kappa shape index (κ2) is 4.24. The van der Waals surface area contributed by atoms with Crippen molar-refractivity contribution in [3.63, 3.8) is 0 Å². The average Bonchev–Trinajstić information content (AvgIpc) is 1.83. The van der Waals surface area contributed by atoms with Crippen molar-refractivity contribution in [3.8, 4) is 0 Å². The van der Waals surface area contributed by atoms with Crippen LogP contribution in [0, 0.1) is 0 Å². The van der Waals surface area contributed by atoms with E-state index in [9.17, 15) is 0 Å². The van der Waals surface area contributed by atoms with E-state index in [0.29, 0.717) is 0 Å². The van der Waals surface area contributed by atoms with Gasteiger partial charge in [0.1, 0.15) is 0 Å². The van der Waals surface area contributed by atoms with Crippen LogP contribution in [0.3, 0.4) is 0 Å². The monoisotopic (exact) mass is 126 g/mol. The zero-order valence-corrected chi connectivity index (χ0v) is 6.60. The van der Waals surface area contributed by atoms with Crippen LogP contribution in [0.4, 0.5) is 0 Å². The molecule has 0 N–H and O–H groups in total. The number of nitrogens with zero attached hydrogens (tertiary/aromatic N) is 2. The zero-order chi connectivity index (χ0) is 7.28. The van der Waals surface area contributed by atoms with E-state index in [1.165, 1.54) is 0 Å². The highest BCUT2D eigenvalue weighted by molar-refractivity contribution is 5.84. The van der Waals surface area contributed by atoms with Crippen LogP contribution < -0.4 is 0 Å². The molecule has 0 saturated heterocycles. The van der Waals surface area contributed by atoms with E-state index in [2.05, 4.69) is 17.1 Å². The van der Waals surface area contributed by atoms with Crippen LogP contribution in [0.5, 0.6) is 0 Å². The van der Waals surface area contributed by atoms with Gasteiger partial charge in [0.2, 0.25) is 0 Å². The van der Waals surface area contributed by atoms with Gasteiger partial charge in [0.15, 0.2) is 0 Å². The molecule has 0 aliphatic rings. The van der Waals surface area contributed by atoms with E-state index in [1.807, 2.05) is 20.8 Å². The first-order valence-electron chi connectivity index (χ1n) is 3.21. The maximum Gasteiger partial charge on any atom is 0.0372 e. The van der Waals surface area contributed by atoms with E-state index in [0.717, 1.165) is 17.8 Å². The Balaban J connectivity index is 3.83. The lowest BCUT2D eigenvalue weighted by Crippen LogP contribution is -1.86. The number of rotatable bonds is 2. The van der Waals surface area contributed by atoms with Crippen LogP contribution in [-0.4, -0.2) is 11.4 Å². The molecule has 52 valence electrons. The summed E-state index contributed by atoms with van der Waals surface area (Å²) in [6.45, 7) is 7.92. The Morgan fingerprint density at radius 3 is 2.00 bits per heavy atom. The molecule has 9 heavy (non-hydrogen) atoms. The first-order chi connectivity index (χ1) is 4.16. The summed E-state index contributed by atoms with van der Waals surface area (Å²) in [7, 11) is 0. The third-order valence-corrected chi connectivity index (χ3v) is 0.932. The Morgan fingerprint density at radius 1 is 1.11 bits per heavy atom. The molecule has 0 unspecified atom stereocenters. The van der Waals surface area contributed by atoms with Crippen molar-refractivity contribution in [2.75, 3.05) is 0 Å². The Hall–Kier alpha value is -0.660. The van der Waals surface area contributed by atoms with Crippen molar-refractivity contribution in [2.24, 2.45) is 10.2 Å². The highest BCUT2D eigenvalue weighted by Gasteiger charge is 1.81. The first-order valence-corrected chi connectivity index (χ1v) is 3.21. The summed E-state index contributed by atoms with van der Waals surface area (Å²) in [5, 5.41) is 7.85. The minimum absolute atomic E-state index is 0.983. The van der Waals surface area contributed by atoms with Gasteiger partial charge in [-0.15, -0.1) is 0 Å². The standard InChI is InChI=1S/C7H14N2/c1-5-7(4)9-8-6(2)3/h5H2,1-4H3/b9-7+. The molecule has 0 rings (SSSR count). The van der Waals surface area contributed by atoms with Crippen LogP contribution in [0.2, 0.25) is 0 Å². The lowest BCUT2D eigenvalue weighted by Gasteiger charge is -1.88. The highest BCUT2D eigenvalue weighted by Crippen LogP contribution is 1.85. The second-order valence-corrected chi connectivity index (χ2v) is 2.24. The van der Waals surface area contributed by atoms with E-state index < -0.39 is 0 Å². The lowest BCUT2D eigenvalue weighted by atomic mass is 10.3. The maximum atomic E-state index is 3.95. The summed E-state index contributed by atoms with van der Waals surface area (Å²) in [5.41, 5.74) is 2.08. The Bertz CT molecular complexity index is 130. The first kappa shape index (κ1) is 8.34. The van der Waals surface area contributed by atoms with Crippen molar-refractivity contribution in [1.29, 1.82) is 0 Å². The van der Waals surface area contributed by atoms with Crippen molar-refractivity contribution in [2.45, 2.75) is 34.1 Å². The largest absolute Gasteiger partial charge is 0.161 e. The van der Waals surface area contributed by atoms with Crippen LogP contribution in [0.1, 0.15) is 34.1 Å². The maximum absolute atomic E-state index is 3.95. The molecule has 0 saturated carbocycles. The fourth-order valence-corrected chi connectivity index (χ4v) is 0.256. The summed E-state index contributed by atoms with van der Waals surface area (Å²) in [6, 6.07) is 0. The van der Waals surface area contributed by atoms with Gasteiger partial charge in [-0.05, 0) is 27.2 Å². The number of hydrogen-bond acceptors (Lipinski definition) is 2. The Kier molecular flexibility index (Phi) is 3.93. The van der Waals surface area contributed by atoms with Gasteiger partial charge in [-0.25, -0.2) is 0 Å². The minimum Gasteiger partial charge on any atom is -0.161 e. The third kappa shape index (κ3) is 5.21. The van der Waals surface area contributed by atoms with Crippen LogP contribution in [0.25, 0.3) is 0 Å². The van der Waals surface area contributed by atoms with Gasteiger partial charge in [-0.3, -0.25) is 0 Å². The molecule has 0 radical (unpaired) electrons. The van der Waals surface area contributed by atoms with Gasteiger partial charge < -0.3 is 0 Å². The van der Waals surface area contributed by atoms with Crippen LogP contribution >= 0.6 is 0 Å². The van der Waals surface area contributed by atoms with Gasteiger partial charge in [0.05, 0.1) is 0 Å². The molecular formula is C7H14N2. The second-order valence-electron chi connectivity index (χ2n) is 2.24. The zero-order valence-electron chi connectivity index (χ0n) is 6.60. The predicted octanol–water partition coefficient (Wildman–Crippen LogP) is 2.25. The molecule has 0 atom stereocenters. The molecule has 0 bridgehead atoms. The van der Waals surface area contributed by atoms with Crippen molar-refractivity contribution in [3.05, 3.63) is 0 Å². The number of hydrogen-bond donors (Lipinski definition) is 0. The molecule has 0 aromatic heterocycles. The molecule has 0 aromatic carbocycles. The van der Waals surface area contributed by atoms with Crippen molar-refractivity contribution < 1.29 is 0 Å². The molecule has 0 spiro atoms. The topological polar surface area (TPSA) is 24.7 Å². The minimum atomic E-state index is 0.983. The van der Waals surface area contributed by atoms with E-state index in [4.69, 9.17) is 0 Å². The molecule has 2 nitrogen and oxygen atoms in total. The molecular weight excluding hydrogens is 112 g/mol. The molecule has 0 aromatic rings. The molecule has 0 fully saturated rings. The quantitative estimate of drug-likeness (QED) is 0.400. The van der Waals surface area contributed by atoms with Gasteiger partial charge in [0.25, 0.3) is 0 Å². The molecule has 0 aliphatic heterocycles. The third-order valence-electron chi connectivity index (χ3n) is 0.932. The summed E-state index contributed by atoms with van der Waals surface area (Å²) in [5.74, 6) is 0.